The maximum atomic E-state index is 12.7. The lowest BCUT2D eigenvalue weighted by atomic mass is 9.97. The summed E-state index contributed by atoms with van der Waals surface area (Å²) in [6.45, 7) is 1.46. The first kappa shape index (κ1) is 28.2. The summed E-state index contributed by atoms with van der Waals surface area (Å²) < 4.78 is 49.9. The summed E-state index contributed by atoms with van der Waals surface area (Å²) in [5, 5.41) is 9.81. The van der Waals surface area contributed by atoms with E-state index in [0.717, 1.165) is 23.6 Å². The van der Waals surface area contributed by atoms with E-state index in [1.54, 1.807) is 42.5 Å². The Labute approximate surface area is 239 Å². The van der Waals surface area contributed by atoms with E-state index in [1.165, 1.54) is 6.07 Å². The molecular formula is C30H25ClF3N3O4. The van der Waals surface area contributed by atoms with Gasteiger partial charge in [0, 0.05) is 35.9 Å². The van der Waals surface area contributed by atoms with Crippen LogP contribution in [-0.4, -0.2) is 34.1 Å². The molecule has 0 amide bonds. The number of aliphatic carboxylic acids is 1. The molecule has 2 aromatic carbocycles. The van der Waals surface area contributed by atoms with Crippen LogP contribution >= 0.6 is 11.6 Å². The number of aromatic nitrogens is 2. The topological polar surface area (TPSA) is 84.8 Å². The molecule has 0 spiro atoms. The number of pyridine rings is 2. The summed E-state index contributed by atoms with van der Waals surface area (Å²) >= 11 is 6.31. The number of benzene rings is 2. The molecule has 11 heteroatoms. The Balaban J connectivity index is 1.25. The molecule has 0 saturated carbocycles. The Morgan fingerprint density at radius 2 is 1.78 bits per heavy atom. The van der Waals surface area contributed by atoms with Gasteiger partial charge < -0.3 is 19.5 Å². The molecule has 5 rings (SSSR count). The number of nitrogens with zero attached hydrogens (tertiary/aromatic N) is 3. The van der Waals surface area contributed by atoms with E-state index in [-0.39, 0.29) is 18.4 Å². The number of anilines is 1. The lowest BCUT2D eigenvalue weighted by molar-refractivity contribution is -0.142. The average molecular weight is 584 g/mol. The zero-order chi connectivity index (χ0) is 29.0. The van der Waals surface area contributed by atoms with Crippen LogP contribution < -0.4 is 14.4 Å². The van der Waals surface area contributed by atoms with Crippen molar-refractivity contribution in [2.24, 2.45) is 5.92 Å². The molecule has 1 fully saturated rings. The summed E-state index contributed by atoms with van der Waals surface area (Å²) in [5.74, 6) is 0.721. The van der Waals surface area contributed by atoms with Crippen LogP contribution in [0, 0.1) is 5.92 Å². The van der Waals surface area contributed by atoms with Crippen LogP contribution in [0.3, 0.4) is 0 Å². The molecule has 4 aromatic rings. The number of carbonyl (C=O) groups is 1. The zero-order valence-electron chi connectivity index (χ0n) is 21.6. The van der Waals surface area contributed by atoms with Gasteiger partial charge in [-0.05, 0) is 66.9 Å². The minimum atomic E-state index is -4.46. The fourth-order valence-corrected chi connectivity index (χ4v) is 4.65. The highest BCUT2D eigenvalue weighted by Crippen LogP contribution is 2.34. The second-order valence-corrected chi connectivity index (χ2v) is 9.98. The smallest absolute Gasteiger partial charge is 0.417 e. The zero-order valence-corrected chi connectivity index (χ0v) is 22.4. The third-order valence-electron chi connectivity index (χ3n) is 6.72. The van der Waals surface area contributed by atoms with Crippen molar-refractivity contribution in [2.75, 3.05) is 18.0 Å². The van der Waals surface area contributed by atoms with E-state index in [0.29, 0.717) is 53.7 Å². The van der Waals surface area contributed by atoms with Crippen LogP contribution in [-0.2, 0) is 17.6 Å². The fourth-order valence-electron chi connectivity index (χ4n) is 4.48. The molecule has 7 nitrogen and oxygen atoms in total. The summed E-state index contributed by atoms with van der Waals surface area (Å²) in [4.78, 5) is 21.9. The molecule has 1 aliphatic rings. The van der Waals surface area contributed by atoms with E-state index >= 15 is 0 Å². The van der Waals surface area contributed by atoms with Crippen molar-refractivity contribution in [3.63, 3.8) is 0 Å². The monoisotopic (exact) mass is 583 g/mol. The van der Waals surface area contributed by atoms with Crippen molar-refractivity contribution in [2.45, 2.75) is 25.6 Å². The van der Waals surface area contributed by atoms with Gasteiger partial charge in [0.1, 0.15) is 23.9 Å². The maximum Gasteiger partial charge on any atom is 0.417 e. The Hall–Kier alpha value is -4.31. The quantitative estimate of drug-likeness (QED) is 0.230. The van der Waals surface area contributed by atoms with Crippen molar-refractivity contribution in [1.82, 2.24) is 9.97 Å². The molecular weight excluding hydrogens is 559 g/mol. The highest BCUT2D eigenvalue weighted by molar-refractivity contribution is 6.31. The second kappa shape index (κ2) is 12.1. The summed E-state index contributed by atoms with van der Waals surface area (Å²) in [6.07, 6.45) is -2.60. The number of rotatable bonds is 8. The van der Waals surface area contributed by atoms with Gasteiger partial charge in [0.15, 0.2) is 0 Å². The largest absolute Gasteiger partial charge is 0.488 e. The predicted octanol–water partition coefficient (Wildman–Crippen LogP) is 7.49. The van der Waals surface area contributed by atoms with Gasteiger partial charge >= 0.3 is 12.1 Å². The van der Waals surface area contributed by atoms with Crippen molar-refractivity contribution >= 4 is 23.4 Å². The molecule has 41 heavy (non-hydrogen) atoms. The van der Waals surface area contributed by atoms with Crippen LogP contribution in [0.2, 0.25) is 5.02 Å². The van der Waals surface area contributed by atoms with Gasteiger partial charge in [-0.15, -0.1) is 0 Å². The number of hydrogen-bond acceptors (Lipinski definition) is 6. The van der Waals surface area contributed by atoms with Gasteiger partial charge in [0.2, 0.25) is 5.88 Å². The molecule has 0 radical (unpaired) electrons. The number of hydrogen-bond donors (Lipinski definition) is 1. The molecule has 3 heterocycles. The molecule has 1 N–H and O–H groups in total. The van der Waals surface area contributed by atoms with E-state index in [1.807, 2.05) is 18.2 Å². The van der Waals surface area contributed by atoms with Gasteiger partial charge in [-0.25, -0.2) is 9.97 Å². The minimum absolute atomic E-state index is 0.0498. The van der Waals surface area contributed by atoms with Crippen molar-refractivity contribution < 1.29 is 32.5 Å². The van der Waals surface area contributed by atoms with E-state index < -0.39 is 17.7 Å². The highest BCUT2D eigenvalue weighted by Gasteiger charge is 2.30. The lowest BCUT2D eigenvalue weighted by Gasteiger charge is -2.31. The number of carboxylic acid groups (broad SMARTS) is 1. The molecule has 0 atom stereocenters. The molecule has 2 aromatic heterocycles. The average Bonchev–Trinajstić information content (AvgIpc) is 2.97. The molecule has 0 bridgehead atoms. The normalized spacial score (nSPS) is 14.1. The first-order chi connectivity index (χ1) is 19.7. The Morgan fingerprint density at radius 3 is 2.44 bits per heavy atom. The van der Waals surface area contributed by atoms with Crippen molar-refractivity contribution in [1.29, 1.82) is 0 Å². The van der Waals surface area contributed by atoms with Crippen LogP contribution in [0.5, 0.6) is 17.4 Å². The van der Waals surface area contributed by atoms with E-state index in [9.17, 15) is 23.1 Å². The van der Waals surface area contributed by atoms with Crippen molar-refractivity contribution in [3.8, 4) is 28.6 Å². The molecule has 1 aliphatic heterocycles. The second-order valence-electron chi connectivity index (χ2n) is 9.54. The Bertz CT molecular complexity index is 1510. The first-order valence-electron chi connectivity index (χ1n) is 12.8. The third kappa shape index (κ3) is 7.07. The van der Waals surface area contributed by atoms with Gasteiger partial charge in [-0.3, -0.25) is 4.79 Å². The number of carboxylic acids is 1. The number of halogens is 4. The van der Waals surface area contributed by atoms with Gasteiger partial charge in [0.05, 0.1) is 17.2 Å². The van der Waals surface area contributed by atoms with Crippen molar-refractivity contribution in [3.05, 3.63) is 95.1 Å². The molecule has 212 valence electrons. The first-order valence-corrected chi connectivity index (χ1v) is 13.2. The van der Waals surface area contributed by atoms with E-state index in [4.69, 9.17) is 26.1 Å². The lowest BCUT2D eigenvalue weighted by Crippen LogP contribution is -2.36. The molecule has 0 unspecified atom stereocenters. The predicted molar refractivity (Wildman–Crippen MR) is 147 cm³/mol. The van der Waals surface area contributed by atoms with Crippen LogP contribution in [0.1, 0.15) is 24.0 Å². The standard InChI is InChI=1S/C30H25ClF3N3O4/c31-22-7-10-26(24(16-22)25-2-1-3-27(36-25)37-14-12-20(13-15-37)29(38)39)40-18-19-4-8-23(9-5-19)41-28-11-6-21(17-35-28)30(32,33)34/h1-11,16-17,20H,12-15,18H2,(H,38,39). The summed E-state index contributed by atoms with van der Waals surface area (Å²) in [5.41, 5.74) is 1.38. The number of piperidine rings is 1. The Morgan fingerprint density at radius 1 is 1.02 bits per heavy atom. The highest BCUT2D eigenvalue weighted by atomic mass is 35.5. The van der Waals surface area contributed by atoms with Crippen LogP contribution in [0.4, 0.5) is 19.0 Å². The summed E-state index contributed by atoms with van der Waals surface area (Å²) in [7, 11) is 0. The fraction of sp³-hybridized carbons (Fsp3) is 0.233. The molecule has 0 aliphatic carbocycles. The van der Waals surface area contributed by atoms with Crippen LogP contribution in [0.25, 0.3) is 11.3 Å². The number of ether oxygens (including phenoxy) is 2. The summed E-state index contributed by atoms with van der Waals surface area (Å²) in [6, 6.07) is 20.0. The minimum Gasteiger partial charge on any atom is -0.488 e. The number of alkyl halides is 3. The van der Waals surface area contributed by atoms with Gasteiger partial charge in [-0.2, -0.15) is 13.2 Å². The maximum absolute atomic E-state index is 12.7. The van der Waals surface area contributed by atoms with Gasteiger partial charge in [-0.1, -0.05) is 29.8 Å². The third-order valence-corrected chi connectivity index (χ3v) is 6.96. The van der Waals surface area contributed by atoms with E-state index in [2.05, 4.69) is 9.88 Å². The van der Waals surface area contributed by atoms with Gasteiger partial charge in [0.25, 0.3) is 0 Å². The Kier molecular flexibility index (Phi) is 8.30. The SMILES string of the molecule is O=C(O)C1CCN(c2cccc(-c3cc(Cl)ccc3OCc3ccc(Oc4ccc(C(F)(F)F)cn4)cc3)n2)CC1. The molecule has 1 saturated heterocycles. The van der Waals surface area contributed by atoms with Crippen LogP contribution in [0.15, 0.2) is 79.0 Å².